The van der Waals surface area contributed by atoms with Crippen molar-refractivity contribution in [3.05, 3.63) is 5.82 Å². The number of aromatic nitrogens is 2. The summed E-state index contributed by atoms with van der Waals surface area (Å²) < 4.78 is 9.31. The molecule has 0 radical (unpaired) electrons. The van der Waals surface area contributed by atoms with E-state index in [1.165, 1.54) is 11.5 Å². The molecule has 7 heteroatoms. The number of nitrogens with one attached hydrogen (secondary N) is 1. The zero-order valence-corrected chi connectivity index (χ0v) is 13.1. The van der Waals surface area contributed by atoms with E-state index in [9.17, 15) is 4.79 Å². The fourth-order valence-electron chi connectivity index (χ4n) is 2.20. The number of amides is 1. The number of methoxy groups -OCH3 is 1. The minimum Gasteiger partial charge on any atom is -0.377 e. The van der Waals surface area contributed by atoms with E-state index in [0.29, 0.717) is 6.61 Å². The van der Waals surface area contributed by atoms with Crippen molar-refractivity contribution in [2.45, 2.75) is 39.3 Å². The van der Waals surface area contributed by atoms with Gasteiger partial charge in [-0.1, -0.05) is 13.8 Å². The lowest BCUT2D eigenvalue weighted by Gasteiger charge is -2.33. The first-order valence-electron chi connectivity index (χ1n) is 6.97. The summed E-state index contributed by atoms with van der Waals surface area (Å²) in [7, 11) is 1.64. The number of ether oxygens (including phenoxy) is 1. The van der Waals surface area contributed by atoms with Crippen molar-refractivity contribution >= 4 is 22.6 Å². The summed E-state index contributed by atoms with van der Waals surface area (Å²) in [4.78, 5) is 18.4. The van der Waals surface area contributed by atoms with Crippen LogP contribution in [0.15, 0.2) is 0 Å². The monoisotopic (exact) mass is 298 g/mol. The highest BCUT2D eigenvalue weighted by Gasteiger charge is 2.24. The number of hydrogen-bond donors (Lipinski definition) is 1. The van der Waals surface area contributed by atoms with Crippen molar-refractivity contribution in [1.29, 1.82) is 0 Å². The normalized spacial score (nSPS) is 19.4. The molecule has 1 aromatic rings. The van der Waals surface area contributed by atoms with Crippen LogP contribution >= 0.6 is 11.5 Å². The third kappa shape index (κ3) is 3.89. The van der Waals surface area contributed by atoms with Crippen molar-refractivity contribution < 1.29 is 9.53 Å². The topological polar surface area (TPSA) is 67.3 Å². The fraction of sp³-hybridized carbons (Fsp3) is 0.769. The van der Waals surface area contributed by atoms with Gasteiger partial charge in [-0.3, -0.25) is 4.79 Å². The highest BCUT2D eigenvalue weighted by atomic mass is 32.1. The van der Waals surface area contributed by atoms with Crippen LogP contribution in [0, 0.1) is 5.92 Å². The summed E-state index contributed by atoms with van der Waals surface area (Å²) >= 11 is 1.40. The molecule has 1 aliphatic rings. The van der Waals surface area contributed by atoms with Crippen LogP contribution in [0.25, 0.3) is 0 Å². The van der Waals surface area contributed by atoms with Gasteiger partial charge in [0.05, 0.1) is 0 Å². The predicted molar refractivity (Wildman–Crippen MR) is 78.8 cm³/mol. The molecule has 6 nitrogen and oxygen atoms in total. The van der Waals surface area contributed by atoms with Crippen molar-refractivity contribution in [2.75, 3.05) is 25.1 Å². The molecule has 1 amide bonds. The van der Waals surface area contributed by atoms with Crippen LogP contribution in [-0.2, 0) is 16.1 Å². The van der Waals surface area contributed by atoms with Crippen molar-refractivity contribution in [1.82, 2.24) is 14.7 Å². The van der Waals surface area contributed by atoms with Gasteiger partial charge in [-0.15, -0.1) is 0 Å². The maximum Gasteiger partial charge on any atom is 0.222 e. The highest BCUT2D eigenvalue weighted by Crippen LogP contribution is 2.22. The van der Waals surface area contributed by atoms with E-state index >= 15 is 0 Å². The van der Waals surface area contributed by atoms with Crippen LogP contribution in [0.4, 0.5) is 5.13 Å². The number of carbonyl (C=O) groups excluding carboxylic acids is 1. The maximum absolute atomic E-state index is 11.8. The van der Waals surface area contributed by atoms with Gasteiger partial charge in [-0.25, -0.2) is 4.98 Å². The van der Waals surface area contributed by atoms with E-state index in [4.69, 9.17) is 4.74 Å². The Labute approximate surface area is 123 Å². The largest absolute Gasteiger partial charge is 0.377 e. The summed E-state index contributed by atoms with van der Waals surface area (Å²) in [5.74, 6) is 0.871. The van der Waals surface area contributed by atoms with E-state index in [1.807, 2.05) is 13.8 Å². The maximum atomic E-state index is 11.8. The Morgan fingerprint density at radius 3 is 3.10 bits per heavy atom. The lowest BCUT2D eigenvalue weighted by molar-refractivity contribution is -0.124. The van der Waals surface area contributed by atoms with Gasteiger partial charge in [0.25, 0.3) is 0 Å². The lowest BCUT2D eigenvalue weighted by Crippen LogP contribution is -2.48. The molecule has 0 bridgehead atoms. The number of carbonyl (C=O) groups is 1. The van der Waals surface area contributed by atoms with E-state index < -0.39 is 0 Å². The molecule has 0 aliphatic carbocycles. The molecule has 0 spiro atoms. The first-order valence-corrected chi connectivity index (χ1v) is 7.74. The molecule has 1 atom stereocenters. The molecule has 0 saturated carbocycles. The molecule has 2 heterocycles. The Morgan fingerprint density at radius 1 is 1.60 bits per heavy atom. The standard InChI is InChI=1S/C13H22N4O2S/c1-9(2)12(18)14-10-5-4-6-17(7-10)13-15-11(8-19-3)16-20-13/h9-10H,4-8H2,1-3H3,(H,14,18). The van der Waals surface area contributed by atoms with E-state index in [1.54, 1.807) is 7.11 Å². The highest BCUT2D eigenvalue weighted by molar-refractivity contribution is 7.09. The van der Waals surface area contributed by atoms with Crippen LogP contribution < -0.4 is 10.2 Å². The van der Waals surface area contributed by atoms with Crippen LogP contribution in [0.2, 0.25) is 0 Å². The van der Waals surface area contributed by atoms with Gasteiger partial charge in [0.15, 0.2) is 5.82 Å². The second-order valence-electron chi connectivity index (χ2n) is 5.37. The summed E-state index contributed by atoms with van der Waals surface area (Å²) in [5, 5.41) is 4.02. The van der Waals surface area contributed by atoms with Crippen molar-refractivity contribution in [2.24, 2.45) is 5.92 Å². The predicted octanol–water partition coefficient (Wildman–Crippen LogP) is 1.43. The second kappa shape index (κ2) is 6.99. The average molecular weight is 298 g/mol. The van der Waals surface area contributed by atoms with E-state index in [2.05, 4.69) is 19.6 Å². The summed E-state index contributed by atoms with van der Waals surface area (Å²) in [6.45, 7) is 6.04. The average Bonchev–Trinajstić information content (AvgIpc) is 2.88. The van der Waals surface area contributed by atoms with Gasteiger partial charge in [0, 0.05) is 43.7 Å². The number of nitrogens with zero attached hydrogens (tertiary/aromatic N) is 3. The molecule has 1 saturated heterocycles. The summed E-state index contributed by atoms with van der Waals surface area (Å²) in [6.07, 6.45) is 2.08. The van der Waals surface area contributed by atoms with E-state index in [-0.39, 0.29) is 17.9 Å². The van der Waals surface area contributed by atoms with Crippen molar-refractivity contribution in [3.63, 3.8) is 0 Å². The van der Waals surface area contributed by atoms with Crippen LogP contribution in [0.3, 0.4) is 0 Å². The first-order chi connectivity index (χ1) is 9.60. The molecule has 2 rings (SSSR count). The molecule has 1 unspecified atom stereocenters. The minimum absolute atomic E-state index is 0.0280. The number of piperidine rings is 1. The zero-order chi connectivity index (χ0) is 14.5. The second-order valence-corrected chi connectivity index (χ2v) is 6.10. The first kappa shape index (κ1) is 15.2. The summed E-state index contributed by atoms with van der Waals surface area (Å²) in [5.41, 5.74) is 0. The Balaban J connectivity index is 1.93. The fourth-order valence-corrected chi connectivity index (χ4v) is 2.91. The Bertz CT molecular complexity index is 449. The molecule has 0 aromatic carbocycles. The summed E-state index contributed by atoms with van der Waals surface area (Å²) in [6, 6.07) is 0.202. The zero-order valence-electron chi connectivity index (χ0n) is 12.3. The number of hydrogen-bond acceptors (Lipinski definition) is 6. The quantitative estimate of drug-likeness (QED) is 0.890. The number of anilines is 1. The molecule has 1 fully saturated rings. The third-order valence-electron chi connectivity index (χ3n) is 3.29. The van der Waals surface area contributed by atoms with E-state index in [0.717, 1.165) is 36.9 Å². The smallest absolute Gasteiger partial charge is 0.222 e. The molecule has 1 N–H and O–H groups in total. The Hall–Kier alpha value is -1.21. The van der Waals surface area contributed by atoms with Gasteiger partial charge in [0.2, 0.25) is 11.0 Å². The van der Waals surface area contributed by atoms with Crippen LogP contribution in [0.1, 0.15) is 32.5 Å². The van der Waals surface area contributed by atoms with Gasteiger partial charge in [-0.2, -0.15) is 4.37 Å². The van der Waals surface area contributed by atoms with Crippen LogP contribution in [0.5, 0.6) is 0 Å². The van der Waals surface area contributed by atoms with Gasteiger partial charge < -0.3 is 15.0 Å². The van der Waals surface area contributed by atoms with Crippen molar-refractivity contribution in [3.8, 4) is 0 Å². The molecular weight excluding hydrogens is 276 g/mol. The molecule has 1 aliphatic heterocycles. The van der Waals surface area contributed by atoms with Gasteiger partial charge in [0.1, 0.15) is 6.61 Å². The number of rotatable bonds is 5. The SMILES string of the molecule is COCc1nsc(N2CCCC(NC(=O)C(C)C)C2)n1. The third-order valence-corrected chi connectivity index (χ3v) is 4.11. The molecule has 1 aromatic heterocycles. The van der Waals surface area contributed by atoms with Gasteiger partial charge >= 0.3 is 0 Å². The molecular formula is C13H22N4O2S. The molecule has 112 valence electrons. The van der Waals surface area contributed by atoms with Crippen LogP contribution in [-0.4, -0.2) is 41.5 Å². The molecule has 20 heavy (non-hydrogen) atoms. The Morgan fingerprint density at radius 2 is 2.40 bits per heavy atom. The Kier molecular flexibility index (Phi) is 5.31. The van der Waals surface area contributed by atoms with Gasteiger partial charge in [-0.05, 0) is 12.8 Å². The lowest BCUT2D eigenvalue weighted by atomic mass is 10.1. The minimum atomic E-state index is 0.0280.